The van der Waals surface area contributed by atoms with Gasteiger partial charge < -0.3 is 10.4 Å². The molecule has 0 radical (unpaired) electrons. The zero-order chi connectivity index (χ0) is 20.8. The lowest BCUT2D eigenvalue weighted by atomic mass is 10.1. The fraction of sp³-hybridized carbons (Fsp3) is 0.105. The molecule has 0 aliphatic carbocycles. The minimum atomic E-state index is -0.965. The molecule has 0 saturated carbocycles. The van der Waals surface area contributed by atoms with Crippen molar-refractivity contribution in [2.45, 2.75) is 12.5 Å². The number of aromatic hydroxyl groups is 1. The minimum absolute atomic E-state index is 0.0244. The maximum Gasteiger partial charge on any atom is 0.252 e. The van der Waals surface area contributed by atoms with Gasteiger partial charge in [-0.3, -0.25) is 14.9 Å². The van der Waals surface area contributed by atoms with Crippen LogP contribution in [0.2, 0.25) is 0 Å². The van der Waals surface area contributed by atoms with Crippen LogP contribution >= 0.6 is 0 Å². The number of phenols is 1. The summed E-state index contributed by atoms with van der Waals surface area (Å²) in [5.74, 6) is -1.41. The van der Waals surface area contributed by atoms with Crippen molar-refractivity contribution >= 4 is 29.7 Å². The lowest BCUT2D eigenvalue weighted by Gasteiger charge is -2.08. The molecule has 146 valence electrons. The molecule has 2 aromatic carbocycles. The quantitative estimate of drug-likeness (QED) is 0.446. The first-order valence-corrected chi connectivity index (χ1v) is 8.41. The Bertz CT molecular complexity index is 1040. The van der Waals surface area contributed by atoms with Crippen molar-refractivity contribution in [2.75, 3.05) is 5.32 Å². The third-order valence-corrected chi connectivity index (χ3v) is 3.86. The number of nitriles is 1. The summed E-state index contributed by atoms with van der Waals surface area (Å²) in [6, 6.07) is 10.5. The monoisotopic (exact) mass is 394 g/mol. The zero-order valence-electron chi connectivity index (χ0n) is 14.9. The van der Waals surface area contributed by atoms with Crippen LogP contribution in [0.25, 0.3) is 0 Å². The van der Waals surface area contributed by atoms with Crippen molar-refractivity contribution in [3.05, 3.63) is 59.4 Å². The number of hydrazone groups is 1. The van der Waals surface area contributed by atoms with Crippen LogP contribution in [0.3, 0.4) is 0 Å². The number of guanidine groups is 1. The molecule has 0 fully saturated rings. The van der Waals surface area contributed by atoms with Crippen LogP contribution in [0, 0.1) is 17.1 Å². The molecule has 1 aliphatic rings. The number of halogens is 1. The van der Waals surface area contributed by atoms with E-state index in [1.54, 1.807) is 18.2 Å². The highest BCUT2D eigenvalue weighted by Crippen LogP contribution is 2.17. The molecule has 4 N–H and O–H groups in total. The molecule has 1 aliphatic heterocycles. The van der Waals surface area contributed by atoms with Crippen molar-refractivity contribution in [1.29, 1.82) is 5.26 Å². The summed E-state index contributed by atoms with van der Waals surface area (Å²) in [6.45, 7) is 0. The molecule has 3 rings (SSSR count). The molecule has 0 saturated heterocycles. The van der Waals surface area contributed by atoms with Gasteiger partial charge in [0.25, 0.3) is 5.91 Å². The van der Waals surface area contributed by atoms with Gasteiger partial charge in [-0.15, -0.1) is 0 Å². The van der Waals surface area contributed by atoms with E-state index in [9.17, 15) is 19.1 Å². The molecule has 9 nitrogen and oxygen atoms in total. The molecule has 0 bridgehead atoms. The van der Waals surface area contributed by atoms with E-state index in [1.807, 2.05) is 0 Å². The van der Waals surface area contributed by atoms with Crippen LogP contribution in [-0.4, -0.2) is 35.1 Å². The summed E-state index contributed by atoms with van der Waals surface area (Å²) in [4.78, 5) is 28.2. The van der Waals surface area contributed by atoms with E-state index in [0.717, 1.165) is 12.1 Å². The summed E-state index contributed by atoms with van der Waals surface area (Å²) < 4.78 is 13.2. The van der Waals surface area contributed by atoms with Gasteiger partial charge in [0.1, 0.15) is 23.7 Å². The third-order valence-electron chi connectivity index (χ3n) is 3.86. The SMILES string of the molecule is N#Cc1cc(F)ccc1NC(=O)CC1N=C(NN=Cc2ccc(O)cc2)NC1=O. The van der Waals surface area contributed by atoms with Gasteiger partial charge in [0.05, 0.1) is 23.9 Å². The number of nitrogens with one attached hydrogen (secondary N) is 3. The molecule has 29 heavy (non-hydrogen) atoms. The van der Waals surface area contributed by atoms with Crippen molar-refractivity contribution in [1.82, 2.24) is 10.7 Å². The highest BCUT2D eigenvalue weighted by Gasteiger charge is 2.28. The molecule has 1 unspecified atom stereocenters. The smallest absolute Gasteiger partial charge is 0.252 e. The second kappa shape index (κ2) is 8.62. The number of benzene rings is 2. The van der Waals surface area contributed by atoms with E-state index in [2.05, 4.69) is 26.2 Å². The lowest BCUT2D eigenvalue weighted by molar-refractivity contribution is -0.123. The number of hydrogen-bond acceptors (Lipinski definition) is 7. The second-order valence-electron chi connectivity index (χ2n) is 6.00. The first-order chi connectivity index (χ1) is 13.9. The third kappa shape index (κ3) is 5.14. The van der Waals surface area contributed by atoms with E-state index in [1.165, 1.54) is 24.4 Å². The largest absolute Gasteiger partial charge is 0.508 e. The first kappa shape index (κ1) is 19.5. The Morgan fingerprint density at radius 1 is 1.34 bits per heavy atom. The van der Waals surface area contributed by atoms with Gasteiger partial charge in [-0.05, 0) is 48.0 Å². The summed E-state index contributed by atoms with van der Waals surface area (Å²) in [6.07, 6.45) is 1.20. The number of hydrogen-bond donors (Lipinski definition) is 4. The van der Waals surface area contributed by atoms with E-state index in [0.29, 0.717) is 5.56 Å². The van der Waals surface area contributed by atoms with E-state index in [-0.39, 0.29) is 29.4 Å². The molecule has 2 amide bonds. The number of amides is 2. The standard InChI is InChI=1S/C19H15FN6O3/c20-13-3-6-15(12(7-13)9-21)23-17(28)8-16-18(29)25-19(24-16)26-22-10-11-1-4-14(27)5-2-11/h1-7,10,16,27H,8H2,(H,23,28)(H2,24,25,26,29). The summed E-state index contributed by atoms with van der Waals surface area (Å²) >= 11 is 0. The van der Waals surface area contributed by atoms with Crippen LogP contribution in [0.4, 0.5) is 10.1 Å². The Kier molecular flexibility index (Phi) is 5.80. The Morgan fingerprint density at radius 2 is 2.10 bits per heavy atom. The Labute approximate surface area is 164 Å². The average molecular weight is 394 g/mol. The fourth-order valence-corrected chi connectivity index (χ4v) is 2.47. The highest BCUT2D eigenvalue weighted by molar-refractivity contribution is 6.07. The zero-order valence-corrected chi connectivity index (χ0v) is 14.9. The summed E-state index contributed by atoms with van der Waals surface area (Å²) in [5.41, 5.74) is 3.40. The minimum Gasteiger partial charge on any atom is -0.508 e. The first-order valence-electron chi connectivity index (χ1n) is 8.41. The molecule has 0 spiro atoms. The number of rotatable bonds is 5. The molecule has 0 aromatic heterocycles. The van der Waals surface area contributed by atoms with Gasteiger partial charge >= 0.3 is 0 Å². The van der Waals surface area contributed by atoms with Crippen molar-refractivity contribution < 1.29 is 19.1 Å². The molecule has 2 aromatic rings. The van der Waals surface area contributed by atoms with Crippen LogP contribution in [0.1, 0.15) is 17.5 Å². The Morgan fingerprint density at radius 3 is 2.83 bits per heavy atom. The van der Waals surface area contributed by atoms with E-state index >= 15 is 0 Å². The maximum atomic E-state index is 13.2. The Balaban J connectivity index is 1.57. The predicted octanol–water partition coefficient (Wildman–Crippen LogP) is 1.21. The van der Waals surface area contributed by atoms with Crippen LogP contribution in [0.5, 0.6) is 5.75 Å². The number of phenolic OH excluding ortho intramolecular Hbond substituents is 1. The van der Waals surface area contributed by atoms with Crippen molar-refractivity contribution in [2.24, 2.45) is 10.1 Å². The van der Waals surface area contributed by atoms with Crippen molar-refractivity contribution in [3.8, 4) is 11.8 Å². The number of nitrogens with zero attached hydrogens (tertiary/aromatic N) is 3. The van der Waals surface area contributed by atoms with Gasteiger partial charge in [0, 0.05) is 0 Å². The molecule has 1 heterocycles. The normalized spacial score (nSPS) is 15.5. The molecule has 10 heteroatoms. The number of carbonyl (C=O) groups excluding carboxylic acids is 2. The second-order valence-corrected chi connectivity index (χ2v) is 6.00. The van der Waals surface area contributed by atoms with Gasteiger partial charge in [-0.25, -0.2) is 14.8 Å². The lowest BCUT2D eigenvalue weighted by Crippen LogP contribution is -2.35. The maximum absolute atomic E-state index is 13.2. The van der Waals surface area contributed by atoms with E-state index < -0.39 is 23.7 Å². The van der Waals surface area contributed by atoms with Crippen LogP contribution < -0.4 is 16.1 Å². The van der Waals surface area contributed by atoms with E-state index in [4.69, 9.17) is 5.26 Å². The number of carbonyl (C=O) groups is 2. The molecule has 1 atom stereocenters. The summed E-state index contributed by atoms with van der Waals surface area (Å²) in [5, 5.41) is 27.1. The number of anilines is 1. The van der Waals surface area contributed by atoms with Crippen molar-refractivity contribution in [3.63, 3.8) is 0 Å². The van der Waals surface area contributed by atoms with Crippen LogP contribution in [0.15, 0.2) is 52.6 Å². The molecular formula is C19H15FN6O3. The predicted molar refractivity (Wildman–Crippen MR) is 103 cm³/mol. The van der Waals surface area contributed by atoms with Gasteiger partial charge in [0.2, 0.25) is 11.9 Å². The summed E-state index contributed by atoms with van der Waals surface area (Å²) in [7, 11) is 0. The molecular weight excluding hydrogens is 379 g/mol. The van der Waals surface area contributed by atoms with Gasteiger partial charge in [-0.2, -0.15) is 10.4 Å². The average Bonchev–Trinajstić information content (AvgIpc) is 3.03. The fourth-order valence-electron chi connectivity index (χ4n) is 2.47. The van der Waals surface area contributed by atoms with Gasteiger partial charge in [-0.1, -0.05) is 0 Å². The van der Waals surface area contributed by atoms with Gasteiger partial charge in [0.15, 0.2) is 0 Å². The number of aliphatic imine (C=N–C) groups is 1. The van der Waals surface area contributed by atoms with Crippen LogP contribution in [-0.2, 0) is 9.59 Å². The topological polar surface area (TPSA) is 139 Å². The highest BCUT2D eigenvalue weighted by atomic mass is 19.1. The Hall–Kier alpha value is -4.26.